The first-order valence-electron chi connectivity index (χ1n) is 7.85. The Kier molecular flexibility index (Phi) is 5.36. The van der Waals surface area contributed by atoms with Gasteiger partial charge in [0.1, 0.15) is 17.5 Å². The molecular weight excluding hydrogens is 266 g/mol. The number of nitrogens with one attached hydrogen (secondary N) is 2. The van der Waals surface area contributed by atoms with Crippen LogP contribution < -0.4 is 16.6 Å². The van der Waals surface area contributed by atoms with Gasteiger partial charge in [-0.25, -0.2) is 15.8 Å². The molecule has 5 N–H and O–H groups in total. The SMILES string of the molecule is CCCc1nc(NN)cc(NCC2(O)CCCC(C)C2)n1. The Bertz CT molecular complexity index is 467. The van der Waals surface area contributed by atoms with Crippen molar-refractivity contribution in [1.82, 2.24) is 9.97 Å². The lowest BCUT2D eigenvalue weighted by molar-refractivity contribution is -0.000832. The molecule has 1 aromatic rings. The minimum Gasteiger partial charge on any atom is -0.388 e. The molecule has 0 amide bonds. The van der Waals surface area contributed by atoms with Crippen LogP contribution in [0.5, 0.6) is 0 Å². The van der Waals surface area contributed by atoms with Crippen molar-refractivity contribution in [3.05, 3.63) is 11.9 Å². The Labute approximate surface area is 126 Å². The number of nitrogens with two attached hydrogens (primary N) is 1. The summed E-state index contributed by atoms with van der Waals surface area (Å²) in [5.74, 6) is 8.10. The molecule has 0 aromatic carbocycles. The number of aliphatic hydroxyl groups is 1. The first kappa shape index (κ1) is 16.0. The minimum absolute atomic E-state index is 0.518. The van der Waals surface area contributed by atoms with Crippen LogP contribution in [0.3, 0.4) is 0 Å². The topological polar surface area (TPSA) is 96.1 Å². The molecule has 1 heterocycles. The van der Waals surface area contributed by atoms with Gasteiger partial charge in [0.25, 0.3) is 0 Å². The number of aromatic nitrogens is 2. The van der Waals surface area contributed by atoms with Crippen molar-refractivity contribution in [2.45, 2.75) is 58.0 Å². The molecule has 2 rings (SSSR count). The number of rotatable bonds is 6. The van der Waals surface area contributed by atoms with Gasteiger partial charge in [-0.1, -0.05) is 26.7 Å². The Morgan fingerprint density at radius 3 is 2.86 bits per heavy atom. The molecule has 0 aliphatic heterocycles. The van der Waals surface area contributed by atoms with Gasteiger partial charge in [0.05, 0.1) is 5.60 Å². The van der Waals surface area contributed by atoms with Gasteiger partial charge in [0.2, 0.25) is 0 Å². The van der Waals surface area contributed by atoms with E-state index in [1.807, 2.05) is 0 Å². The van der Waals surface area contributed by atoms with Crippen LogP contribution >= 0.6 is 0 Å². The summed E-state index contributed by atoms with van der Waals surface area (Å²) in [6.45, 7) is 4.81. The molecule has 0 saturated heterocycles. The lowest BCUT2D eigenvalue weighted by Gasteiger charge is -2.35. The largest absolute Gasteiger partial charge is 0.388 e. The third kappa shape index (κ3) is 4.54. The van der Waals surface area contributed by atoms with E-state index in [2.05, 4.69) is 34.6 Å². The van der Waals surface area contributed by atoms with Gasteiger partial charge in [0.15, 0.2) is 0 Å². The fourth-order valence-electron chi connectivity index (χ4n) is 3.05. The summed E-state index contributed by atoms with van der Waals surface area (Å²) in [7, 11) is 0. The zero-order valence-corrected chi connectivity index (χ0v) is 13.0. The Morgan fingerprint density at radius 1 is 1.43 bits per heavy atom. The summed E-state index contributed by atoms with van der Waals surface area (Å²) in [6.07, 6.45) is 5.77. The van der Waals surface area contributed by atoms with E-state index in [1.54, 1.807) is 6.07 Å². The second-order valence-electron chi connectivity index (χ2n) is 6.23. The molecule has 2 unspecified atom stereocenters. The van der Waals surface area contributed by atoms with Gasteiger partial charge in [-0.15, -0.1) is 0 Å². The molecule has 0 radical (unpaired) electrons. The van der Waals surface area contributed by atoms with Gasteiger partial charge in [0, 0.05) is 19.0 Å². The van der Waals surface area contributed by atoms with Crippen LogP contribution in [-0.2, 0) is 6.42 Å². The Hall–Kier alpha value is -1.40. The Morgan fingerprint density at radius 2 is 2.19 bits per heavy atom. The fourth-order valence-corrected chi connectivity index (χ4v) is 3.05. The number of anilines is 2. The second-order valence-corrected chi connectivity index (χ2v) is 6.23. The van der Waals surface area contributed by atoms with Gasteiger partial charge in [-0.05, 0) is 25.2 Å². The van der Waals surface area contributed by atoms with Gasteiger partial charge < -0.3 is 15.8 Å². The van der Waals surface area contributed by atoms with Gasteiger partial charge >= 0.3 is 0 Å². The summed E-state index contributed by atoms with van der Waals surface area (Å²) in [5.41, 5.74) is 1.93. The summed E-state index contributed by atoms with van der Waals surface area (Å²) < 4.78 is 0. The van der Waals surface area contributed by atoms with Crippen molar-refractivity contribution in [3.8, 4) is 0 Å². The molecule has 1 saturated carbocycles. The number of hydrogen-bond acceptors (Lipinski definition) is 6. The average molecular weight is 293 g/mol. The average Bonchev–Trinajstić information content (AvgIpc) is 2.45. The molecule has 1 fully saturated rings. The van der Waals surface area contributed by atoms with E-state index in [0.717, 1.165) is 37.9 Å². The normalized spacial score (nSPS) is 25.6. The molecule has 0 bridgehead atoms. The third-order valence-corrected chi connectivity index (χ3v) is 4.06. The van der Waals surface area contributed by atoms with E-state index in [4.69, 9.17) is 5.84 Å². The van der Waals surface area contributed by atoms with Crippen molar-refractivity contribution >= 4 is 11.6 Å². The maximum Gasteiger partial charge on any atom is 0.145 e. The van der Waals surface area contributed by atoms with Crippen LogP contribution in [0.1, 0.15) is 51.8 Å². The first-order valence-corrected chi connectivity index (χ1v) is 7.85. The number of aryl methyl sites for hydroxylation is 1. The molecule has 118 valence electrons. The molecule has 1 aliphatic carbocycles. The highest BCUT2D eigenvalue weighted by Gasteiger charge is 2.32. The van der Waals surface area contributed by atoms with Crippen LogP contribution in [0.4, 0.5) is 11.6 Å². The first-order chi connectivity index (χ1) is 10.0. The molecule has 6 nitrogen and oxygen atoms in total. The number of hydrogen-bond donors (Lipinski definition) is 4. The quantitative estimate of drug-likeness (QED) is 0.474. The number of nitrogens with zero attached hydrogens (tertiary/aromatic N) is 2. The van der Waals surface area contributed by atoms with E-state index in [1.165, 1.54) is 6.42 Å². The summed E-state index contributed by atoms with van der Waals surface area (Å²) in [5, 5.41) is 13.9. The van der Waals surface area contributed by atoms with Crippen LogP contribution in [0.25, 0.3) is 0 Å². The van der Waals surface area contributed by atoms with Crippen LogP contribution in [-0.4, -0.2) is 27.2 Å². The zero-order chi connectivity index (χ0) is 15.3. The maximum absolute atomic E-state index is 10.7. The van der Waals surface area contributed by atoms with E-state index in [0.29, 0.717) is 24.1 Å². The second kappa shape index (κ2) is 7.04. The molecule has 1 aromatic heterocycles. The number of nitrogen functional groups attached to an aromatic ring is 1. The van der Waals surface area contributed by atoms with Crippen molar-refractivity contribution < 1.29 is 5.11 Å². The highest BCUT2D eigenvalue weighted by Crippen LogP contribution is 2.32. The molecule has 0 spiro atoms. The van der Waals surface area contributed by atoms with E-state index < -0.39 is 5.60 Å². The van der Waals surface area contributed by atoms with Crippen molar-refractivity contribution in [3.63, 3.8) is 0 Å². The summed E-state index contributed by atoms with van der Waals surface area (Å²) in [4.78, 5) is 8.79. The van der Waals surface area contributed by atoms with Gasteiger partial charge in [-0.2, -0.15) is 0 Å². The summed E-state index contributed by atoms with van der Waals surface area (Å²) >= 11 is 0. The number of hydrazine groups is 1. The minimum atomic E-state index is -0.635. The molecule has 21 heavy (non-hydrogen) atoms. The molecule has 1 aliphatic rings. The third-order valence-electron chi connectivity index (χ3n) is 4.06. The lowest BCUT2D eigenvalue weighted by Crippen LogP contribution is -2.41. The van der Waals surface area contributed by atoms with Crippen molar-refractivity contribution in [1.29, 1.82) is 0 Å². The van der Waals surface area contributed by atoms with E-state index in [9.17, 15) is 5.11 Å². The molecule has 2 atom stereocenters. The van der Waals surface area contributed by atoms with E-state index in [-0.39, 0.29) is 0 Å². The van der Waals surface area contributed by atoms with Crippen LogP contribution in [0, 0.1) is 5.92 Å². The van der Waals surface area contributed by atoms with E-state index >= 15 is 0 Å². The predicted octanol–water partition coefficient (Wildman–Crippen LogP) is 2.07. The fraction of sp³-hybridized carbons (Fsp3) is 0.733. The van der Waals surface area contributed by atoms with Gasteiger partial charge in [-0.3, -0.25) is 0 Å². The molecule has 6 heteroatoms. The van der Waals surface area contributed by atoms with Crippen molar-refractivity contribution in [2.24, 2.45) is 11.8 Å². The predicted molar refractivity (Wildman–Crippen MR) is 84.9 cm³/mol. The highest BCUT2D eigenvalue weighted by molar-refractivity contribution is 5.47. The standard InChI is InChI=1S/C15H27N5O/c1-3-5-12-18-13(8-14(19-12)20-16)17-10-15(21)7-4-6-11(2)9-15/h8,11,21H,3-7,9-10,16H2,1-2H3,(H2,17,18,19,20). The monoisotopic (exact) mass is 293 g/mol. The van der Waals surface area contributed by atoms with Crippen LogP contribution in [0.15, 0.2) is 6.07 Å². The highest BCUT2D eigenvalue weighted by atomic mass is 16.3. The summed E-state index contributed by atoms with van der Waals surface area (Å²) in [6, 6.07) is 1.77. The van der Waals surface area contributed by atoms with Crippen LogP contribution in [0.2, 0.25) is 0 Å². The smallest absolute Gasteiger partial charge is 0.145 e. The lowest BCUT2D eigenvalue weighted by atomic mass is 9.79. The molecular formula is C15H27N5O. The zero-order valence-electron chi connectivity index (χ0n) is 13.0. The Balaban J connectivity index is 2.03. The van der Waals surface area contributed by atoms with Crippen molar-refractivity contribution in [2.75, 3.05) is 17.3 Å². The maximum atomic E-state index is 10.7.